The van der Waals surface area contributed by atoms with E-state index in [4.69, 9.17) is 15.2 Å². The number of nitrogens with one attached hydrogen (secondary N) is 1. The van der Waals surface area contributed by atoms with Gasteiger partial charge in [-0.05, 0) is 76.3 Å². The van der Waals surface area contributed by atoms with Gasteiger partial charge in [-0.15, -0.1) is 0 Å². The number of carboxylic acids is 1. The molecule has 0 radical (unpaired) electrons. The second kappa shape index (κ2) is 26.0. The van der Waals surface area contributed by atoms with Gasteiger partial charge in [0.2, 0.25) is 5.91 Å². The van der Waals surface area contributed by atoms with Crippen LogP contribution in [0.25, 0.3) is 0 Å². The monoisotopic (exact) mass is 780 g/mol. The number of aliphatic carboxylic acids is 1. The number of allylic oxidation sites excluding steroid dienone is 13. The zero-order valence-electron chi connectivity index (χ0n) is 33.5. The standard InChI is InChI=1S/C44H64N2O10/c1-29(20-14-11-12-19-27-45)21-15-13-16-22-30(2)28-33(5)40(55-44-39(51)37(49)38(50)41(56-44)43(53)54)31(3)23-17-9-7-6-8-10-18-24-32(4)42(52)46-36-34(47)25-26-35(36)48/h6-11,14-15,17-18,21,23-24,28-31,36-41,44,49-51H,12-13,16,19-20,22,25-27,45H2,1-5H3,(H,46,52)(H,53,54)/b8-6+,9-7+,14-11?,18-10?,21-15?,23-17?,32-24?,33-28?. The summed E-state index contributed by atoms with van der Waals surface area (Å²) in [6.07, 6.45) is 23.8. The number of aliphatic hydroxyl groups is 3. The molecule has 0 aromatic rings. The van der Waals surface area contributed by atoms with Crippen molar-refractivity contribution in [1.29, 1.82) is 0 Å². The highest BCUT2D eigenvalue weighted by atomic mass is 16.7. The molecule has 2 fully saturated rings. The van der Waals surface area contributed by atoms with Crippen molar-refractivity contribution >= 4 is 23.4 Å². The zero-order chi connectivity index (χ0) is 41.6. The smallest absolute Gasteiger partial charge is 0.335 e. The molecule has 0 aromatic heterocycles. The molecule has 1 aliphatic heterocycles. The summed E-state index contributed by atoms with van der Waals surface area (Å²) in [5, 5.41) is 43.3. The zero-order valence-corrected chi connectivity index (χ0v) is 33.5. The fourth-order valence-corrected chi connectivity index (χ4v) is 6.27. The van der Waals surface area contributed by atoms with Gasteiger partial charge in [-0.1, -0.05) is 106 Å². The van der Waals surface area contributed by atoms with E-state index in [9.17, 15) is 39.6 Å². The van der Waals surface area contributed by atoms with Crippen LogP contribution in [0.3, 0.4) is 0 Å². The van der Waals surface area contributed by atoms with E-state index in [1.807, 2.05) is 32.1 Å². The Hall–Kier alpha value is -4.04. The first kappa shape index (κ1) is 48.1. The highest BCUT2D eigenvalue weighted by molar-refractivity contribution is 6.15. The minimum atomic E-state index is -1.82. The van der Waals surface area contributed by atoms with Crippen LogP contribution in [0.4, 0.5) is 0 Å². The van der Waals surface area contributed by atoms with E-state index >= 15 is 0 Å². The maximum Gasteiger partial charge on any atom is 0.335 e. The van der Waals surface area contributed by atoms with Crippen molar-refractivity contribution in [2.45, 2.75) is 129 Å². The lowest BCUT2D eigenvalue weighted by Gasteiger charge is -2.40. The average molecular weight is 781 g/mol. The number of hydrogen-bond donors (Lipinski definition) is 6. The van der Waals surface area contributed by atoms with Crippen molar-refractivity contribution < 1.29 is 49.1 Å². The summed E-state index contributed by atoms with van der Waals surface area (Å²) < 4.78 is 11.6. The predicted octanol–water partition coefficient (Wildman–Crippen LogP) is 5.12. The maximum atomic E-state index is 12.3. The Morgan fingerprint density at radius 2 is 1.46 bits per heavy atom. The van der Waals surface area contributed by atoms with Crippen molar-refractivity contribution in [2.24, 2.45) is 23.5 Å². The fourth-order valence-electron chi connectivity index (χ4n) is 6.27. The Labute approximate surface area is 332 Å². The highest BCUT2D eigenvalue weighted by Crippen LogP contribution is 2.29. The van der Waals surface area contributed by atoms with Gasteiger partial charge in [-0.3, -0.25) is 14.4 Å². The van der Waals surface area contributed by atoms with Gasteiger partial charge in [-0.2, -0.15) is 0 Å². The van der Waals surface area contributed by atoms with Gasteiger partial charge in [0.05, 0.1) is 6.10 Å². The van der Waals surface area contributed by atoms with Crippen molar-refractivity contribution in [2.75, 3.05) is 6.54 Å². The molecule has 9 atom stereocenters. The first-order valence-corrected chi connectivity index (χ1v) is 19.7. The number of hydrogen-bond acceptors (Lipinski definition) is 10. The van der Waals surface area contributed by atoms with Crippen LogP contribution >= 0.6 is 0 Å². The highest BCUT2D eigenvalue weighted by Gasteiger charge is 2.48. The van der Waals surface area contributed by atoms with Crippen LogP contribution in [0.2, 0.25) is 0 Å². The molecule has 1 aliphatic carbocycles. The predicted molar refractivity (Wildman–Crippen MR) is 217 cm³/mol. The van der Waals surface area contributed by atoms with Crippen LogP contribution in [0.15, 0.2) is 96.2 Å². The summed E-state index contributed by atoms with van der Waals surface area (Å²) in [4.78, 5) is 47.6. The quantitative estimate of drug-likeness (QED) is 0.0264. The number of carbonyl (C=O) groups is 4. The molecule has 1 saturated heterocycles. The molecule has 0 aromatic carbocycles. The van der Waals surface area contributed by atoms with Crippen molar-refractivity contribution in [3.63, 3.8) is 0 Å². The van der Waals surface area contributed by atoms with Gasteiger partial charge in [-0.25, -0.2) is 4.79 Å². The van der Waals surface area contributed by atoms with E-state index in [2.05, 4.69) is 49.5 Å². The number of aliphatic hydroxyl groups excluding tert-OH is 3. The van der Waals surface area contributed by atoms with E-state index in [0.717, 1.165) is 44.1 Å². The number of ketones is 2. The third-order valence-electron chi connectivity index (χ3n) is 9.63. The Kier molecular flexibility index (Phi) is 22.3. The molecule has 7 N–H and O–H groups in total. The van der Waals surface area contributed by atoms with Crippen LogP contribution in [0, 0.1) is 17.8 Å². The Morgan fingerprint density at radius 1 is 0.839 bits per heavy atom. The van der Waals surface area contributed by atoms with Crippen molar-refractivity contribution in [3.8, 4) is 0 Å². The topological polar surface area (TPSA) is 206 Å². The van der Waals surface area contributed by atoms with Crippen LogP contribution < -0.4 is 11.1 Å². The maximum absolute atomic E-state index is 12.3. The molecule has 310 valence electrons. The molecule has 1 amide bonds. The van der Waals surface area contributed by atoms with E-state index < -0.39 is 54.7 Å². The number of nitrogens with two attached hydrogens (primary N) is 1. The molecule has 12 nitrogen and oxygen atoms in total. The van der Waals surface area contributed by atoms with E-state index in [1.54, 1.807) is 43.4 Å². The van der Waals surface area contributed by atoms with Crippen LogP contribution in [-0.4, -0.2) is 93.3 Å². The van der Waals surface area contributed by atoms with E-state index in [0.29, 0.717) is 18.0 Å². The number of Topliss-reactive ketones (excluding diaryl/α,β-unsaturated/α-hetero) is 2. The molecule has 0 spiro atoms. The largest absolute Gasteiger partial charge is 0.479 e. The third-order valence-corrected chi connectivity index (χ3v) is 9.63. The molecule has 0 bridgehead atoms. The summed E-state index contributed by atoms with van der Waals surface area (Å²) in [6.45, 7) is 10.4. The number of carboxylic acid groups (broad SMARTS) is 1. The molecule has 1 saturated carbocycles. The number of unbranched alkanes of at least 4 members (excludes halogenated alkanes) is 2. The number of amides is 1. The molecular formula is C44H64N2O10. The Bertz CT molecular complexity index is 1510. The van der Waals surface area contributed by atoms with Crippen LogP contribution in [0.1, 0.15) is 86.0 Å². The minimum absolute atomic E-state index is 0.156. The van der Waals surface area contributed by atoms with Crippen LogP contribution in [-0.2, 0) is 28.7 Å². The molecule has 56 heavy (non-hydrogen) atoms. The number of carbonyl (C=O) groups excluding carboxylic acids is 3. The van der Waals surface area contributed by atoms with Crippen molar-refractivity contribution in [3.05, 3.63) is 96.2 Å². The first-order valence-electron chi connectivity index (χ1n) is 19.7. The summed E-state index contributed by atoms with van der Waals surface area (Å²) in [5.41, 5.74) is 6.75. The number of rotatable bonds is 23. The molecule has 12 heteroatoms. The lowest BCUT2D eigenvalue weighted by Crippen LogP contribution is -2.61. The summed E-state index contributed by atoms with van der Waals surface area (Å²) in [7, 11) is 0. The second-order valence-electron chi connectivity index (χ2n) is 14.7. The van der Waals surface area contributed by atoms with Gasteiger partial charge in [0.25, 0.3) is 0 Å². The van der Waals surface area contributed by atoms with Gasteiger partial charge in [0, 0.05) is 24.3 Å². The van der Waals surface area contributed by atoms with Gasteiger partial charge < -0.3 is 41.0 Å². The number of ether oxygens (including phenoxy) is 2. The lowest BCUT2D eigenvalue weighted by molar-refractivity contribution is -0.303. The van der Waals surface area contributed by atoms with Gasteiger partial charge >= 0.3 is 5.97 Å². The minimum Gasteiger partial charge on any atom is -0.479 e. The first-order chi connectivity index (χ1) is 26.7. The Morgan fingerprint density at radius 3 is 2.11 bits per heavy atom. The van der Waals surface area contributed by atoms with Gasteiger partial charge in [0.15, 0.2) is 24.0 Å². The summed E-state index contributed by atoms with van der Waals surface area (Å²) in [6, 6.07) is -1.05. The molecule has 1 heterocycles. The summed E-state index contributed by atoms with van der Waals surface area (Å²) in [5.74, 6) is -2.12. The van der Waals surface area contributed by atoms with Crippen LogP contribution in [0.5, 0.6) is 0 Å². The third kappa shape index (κ3) is 17.0. The molecule has 2 aliphatic rings. The van der Waals surface area contributed by atoms with E-state index in [-0.39, 0.29) is 36.2 Å². The normalized spacial score (nSPS) is 25.5. The second-order valence-corrected chi connectivity index (χ2v) is 14.7. The Balaban J connectivity index is 2.05. The van der Waals surface area contributed by atoms with Crippen molar-refractivity contribution in [1.82, 2.24) is 5.32 Å². The molecular weight excluding hydrogens is 716 g/mol. The van der Waals surface area contributed by atoms with E-state index in [1.165, 1.54) is 0 Å². The summed E-state index contributed by atoms with van der Waals surface area (Å²) >= 11 is 0. The molecule has 2 rings (SSSR count). The molecule has 9 unspecified atom stereocenters. The SMILES string of the molecule is CC(=CC=C/C=C/C=C/C=CC(C)C(OC1OC(C(=O)O)C(O)C(O)C1O)C(C)=CC(C)CCCC=CC(C)CC=CCCCN)C(=O)NC1C(=O)CCC1=O. The fraction of sp³-hybridized carbons (Fsp3) is 0.545. The lowest BCUT2D eigenvalue weighted by atomic mass is 9.92. The average Bonchev–Trinajstić information content (AvgIpc) is 3.47. The van der Waals surface area contributed by atoms with Gasteiger partial charge in [0.1, 0.15) is 24.4 Å².